The van der Waals surface area contributed by atoms with E-state index in [0.29, 0.717) is 26.6 Å². The largest absolute Gasteiger partial charge is 0.456 e. The van der Waals surface area contributed by atoms with E-state index >= 15 is 0 Å². The molecule has 0 radical (unpaired) electrons. The van der Waals surface area contributed by atoms with E-state index in [0.717, 1.165) is 5.56 Å². The van der Waals surface area contributed by atoms with Gasteiger partial charge in [-0.1, -0.05) is 40.9 Å². The van der Waals surface area contributed by atoms with Gasteiger partial charge in [-0.2, -0.15) is 0 Å². The molecule has 2 rings (SSSR count). The van der Waals surface area contributed by atoms with Crippen molar-refractivity contribution in [2.75, 3.05) is 0 Å². The first kappa shape index (κ1) is 14.5. The van der Waals surface area contributed by atoms with Crippen molar-refractivity contribution in [1.29, 1.82) is 0 Å². The summed E-state index contributed by atoms with van der Waals surface area (Å²) in [4.78, 5) is 0. The Morgan fingerprint density at radius 2 is 1.68 bits per heavy atom. The number of halogens is 3. The molecule has 0 aliphatic carbocycles. The zero-order valence-electron chi connectivity index (χ0n) is 10.0. The molecule has 5 heteroatoms. The highest BCUT2D eigenvalue weighted by atomic mass is 35.5. The lowest BCUT2D eigenvalue weighted by Gasteiger charge is -2.11. The van der Waals surface area contributed by atoms with Gasteiger partial charge < -0.3 is 9.84 Å². The predicted molar refractivity (Wildman–Crippen MR) is 78.6 cm³/mol. The Balaban J connectivity index is 2.25. The molecular weight excluding hydrogens is 307 g/mol. The fraction of sp³-hybridized carbons (Fsp3) is 0.143. The number of rotatable bonds is 3. The standard InChI is InChI=1S/C14H11Cl3O2/c1-8(18)9-2-5-14(13(17)6-9)19-10-3-4-11(15)12(16)7-10/h2-8,18H,1H3/t8-/m0/s1. The molecule has 0 heterocycles. The van der Waals surface area contributed by atoms with Gasteiger partial charge >= 0.3 is 0 Å². The smallest absolute Gasteiger partial charge is 0.146 e. The van der Waals surface area contributed by atoms with Crippen LogP contribution in [0.2, 0.25) is 15.1 Å². The second-order valence-electron chi connectivity index (χ2n) is 4.04. The van der Waals surface area contributed by atoms with Crippen LogP contribution in [-0.4, -0.2) is 5.11 Å². The molecule has 0 unspecified atom stereocenters. The van der Waals surface area contributed by atoms with Gasteiger partial charge in [0.05, 0.1) is 21.2 Å². The number of aliphatic hydroxyl groups is 1. The van der Waals surface area contributed by atoms with E-state index in [-0.39, 0.29) is 0 Å². The lowest BCUT2D eigenvalue weighted by atomic mass is 10.1. The second-order valence-corrected chi connectivity index (χ2v) is 5.27. The summed E-state index contributed by atoms with van der Waals surface area (Å²) >= 11 is 17.8. The molecule has 1 N–H and O–H groups in total. The monoisotopic (exact) mass is 316 g/mol. The summed E-state index contributed by atoms with van der Waals surface area (Å²) in [5, 5.41) is 10.8. The summed E-state index contributed by atoms with van der Waals surface area (Å²) in [5.74, 6) is 1.03. The number of hydrogen-bond donors (Lipinski definition) is 1. The Hall–Kier alpha value is -0.930. The fourth-order valence-corrected chi connectivity index (χ4v) is 2.04. The minimum Gasteiger partial charge on any atom is -0.456 e. The molecule has 0 spiro atoms. The van der Waals surface area contributed by atoms with Crippen molar-refractivity contribution in [3.8, 4) is 11.5 Å². The van der Waals surface area contributed by atoms with Gasteiger partial charge in [0.15, 0.2) is 0 Å². The van der Waals surface area contributed by atoms with Crippen molar-refractivity contribution in [2.24, 2.45) is 0 Å². The summed E-state index contributed by atoms with van der Waals surface area (Å²) in [7, 11) is 0. The molecule has 2 aromatic carbocycles. The molecule has 0 aliphatic rings. The summed E-state index contributed by atoms with van der Waals surface area (Å²) in [6.45, 7) is 1.67. The van der Waals surface area contributed by atoms with Crippen molar-refractivity contribution in [1.82, 2.24) is 0 Å². The van der Waals surface area contributed by atoms with Crippen molar-refractivity contribution in [2.45, 2.75) is 13.0 Å². The molecule has 0 saturated carbocycles. The van der Waals surface area contributed by atoms with E-state index < -0.39 is 6.10 Å². The van der Waals surface area contributed by atoms with Gasteiger partial charge in [-0.25, -0.2) is 0 Å². The van der Waals surface area contributed by atoms with Crippen molar-refractivity contribution in [3.05, 3.63) is 57.0 Å². The maximum absolute atomic E-state index is 9.46. The lowest BCUT2D eigenvalue weighted by molar-refractivity contribution is 0.199. The second kappa shape index (κ2) is 6.02. The zero-order chi connectivity index (χ0) is 14.0. The molecule has 100 valence electrons. The lowest BCUT2D eigenvalue weighted by Crippen LogP contribution is -1.92. The van der Waals surface area contributed by atoms with Crippen LogP contribution in [0, 0.1) is 0 Å². The Labute approximate surface area is 126 Å². The van der Waals surface area contributed by atoms with Crippen LogP contribution in [0.3, 0.4) is 0 Å². The molecule has 1 atom stereocenters. The van der Waals surface area contributed by atoms with Crippen LogP contribution in [0.4, 0.5) is 0 Å². The van der Waals surface area contributed by atoms with E-state index in [4.69, 9.17) is 39.5 Å². The van der Waals surface area contributed by atoms with Crippen molar-refractivity contribution in [3.63, 3.8) is 0 Å². The highest BCUT2D eigenvalue weighted by Crippen LogP contribution is 2.34. The molecule has 2 aromatic rings. The first-order valence-electron chi connectivity index (χ1n) is 5.58. The van der Waals surface area contributed by atoms with Crippen LogP contribution in [0.1, 0.15) is 18.6 Å². The minimum absolute atomic E-state index is 0.413. The average molecular weight is 318 g/mol. The molecular formula is C14H11Cl3O2. The van der Waals surface area contributed by atoms with Gasteiger partial charge in [0.1, 0.15) is 11.5 Å². The zero-order valence-corrected chi connectivity index (χ0v) is 12.3. The number of hydrogen-bond acceptors (Lipinski definition) is 2. The van der Waals surface area contributed by atoms with Gasteiger partial charge in [-0.05, 0) is 36.8 Å². The summed E-state index contributed by atoms with van der Waals surface area (Å²) < 4.78 is 5.62. The Kier molecular flexibility index (Phi) is 4.58. The normalized spacial score (nSPS) is 12.3. The third-order valence-electron chi connectivity index (χ3n) is 2.56. The highest BCUT2D eigenvalue weighted by molar-refractivity contribution is 6.42. The first-order chi connectivity index (χ1) is 8.97. The van der Waals surface area contributed by atoms with E-state index in [1.807, 2.05) is 0 Å². The minimum atomic E-state index is -0.573. The Bertz CT molecular complexity index is 597. The molecule has 2 nitrogen and oxygen atoms in total. The highest BCUT2D eigenvalue weighted by Gasteiger charge is 2.08. The van der Waals surface area contributed by atoms with Crippen LogP contribution >= 0.6 is 34.8 Å². The maximum atomic E-state index is 9.46. The molecule has 0 saturated heterocycles. The number of ether oxygens (including phenoxy) is 1. The average Bonchev–Trinajstić information content (AvgIpc) is 2.36. The summed E-state index contributed by atoms with van der Waals surface area (Å²) in [6, 6.07) is 10.1. The van der Waals surface area contributed by atoms with Gasteiger partial charge in [-0.3, -0.25) is 0 Å². The third-order valence-corrected chi connectivity index (χ3v) is 3.59. The molecule has 0 amide bonds. The maximum Gasteiger partial charge on any atom is 0.146 e. The quantitative estimate of drug-likeness (QED) is 0.810. The van der Waals surface area contributed by atoms with Crippen LogP contribution in [0.25, 0.3) is 0 Å². The van der Waals surface area contributed by atoms with Crippen molar-refractivity contribution >= 4 is 34.8 Å². The topological polar surface area (TPSA) is 29.5 Å². The number of benzene rings is 2. The van der Waals surface area contributed by atoms with Gasteiger partial charge in [0.25, 0.3) is 0 Å². The van der Waals surface area contributed by atoms with Crippen LogP contribution in [-0.2, 0) is 0 Å². The van der Waals surface area contributed by atoms with Gasteiger partial charge in [0, 0.05) is 6.07 Å². The first-order valence-corrected chi connectivity index (χ1v) is 6.71. The molecule has 0 aliphatic heterocycles. The van der Waals surface area contributed by atoms with Gasteiger partial charge in [0.2, 0.25) is 0 Å². The molecule has 0 fully saturated rings. The predicted octanol–water partition coefficient (Wildman–Crippen LogP) is 5.49. The SMILES string of the molecule is C[C@H](O)c1ccc(Oc2ccc(Cl)c(Cl)c2)c(Cl)c1. The fourth-order valence-electron chi connectivity index (χ4n) is 1.53. The molecule has 0 aromatic heterocycles. The third kappa shape index (κ3) is 3.54. The van der Waals surface area contributed by atoms with E-state index in [1.165, 1.54) is 0 Å². The number of aliphatic hydroxyl groups excluding tert-OH is 1. The van der Waals surface area contributed by atoms with E-state index in [1.54, 1.807) is 43.3 Å². The van der Waals surface area contributed by atoms with E-state index in [2.05, 4.69) is 0 Å². The molecule has 0 bridgehead atoms. The summed E-state index contributed by atoms with van der Waals surface area (Å²) in [5.41, 5.74) is 0.728. The van der Waals surface area contributed by atoms with Gasteiger partial charge in [-0.15, -0.1) is 0 Å². The Morgan fingerprint density at radius 3 is 2.26 bits per heavy atom. The molecule has 19 heavy (non-hydrogen) atoms. The Morgan fingerprint density at radius 1 is 0.947 bits per heavy atom. The van der Waals surface area contributed by atoms with Crippen LogP contribution in [0.5, 0.6) is 11.5 Å². The van der Waals surface area contributed by atoms with Crippen LogP contribution < -0.4 is 4.74 Å². The van der Waals surface area contributed by atoms with Crippen LogP contribution in [0.15, 0.2) is 36.4 Å². The van der Waals surface area contributed by atoms with E-state index in [9.17, 15) is 5.11 Å². The van der Waals surface area contributed by atoms with Crippen molar-refractivity contribution < 1.29 is 9.84 Å². The summed E-state index contributed by atoms with van der Waals surface area (Å²) in [6.07, 6.45) is -0.573.